The average molecular weight is 1050 g/mol. The van der Waals surface area contributed by atoms with Crippen LogP contribution < -0.4 is 30.2 Å². The lowest BCUT2D eigenvalue weighted by molar-refractivity contribution is -0.156. The normalized spacial score (nSPS) is 17.4. The minimum atomic E-state index is -0.972. The second kappa shape index (κ2) is 24.9. The maximum absolute atomic E-state index is 13.7. The molecule has 0 aliphatic carbocycles. The van der Waals surface area contributed by atoms with Gasteiger partial charge in [-0.1, -0.05) is 73.5 Å². The third kappa shape index (κ3) is 12.5. The van der Waals surface area contributed by atoms with E-state index >= 15 is 0 Å². The van der Waals surface area contributed by atoms with Gasteiger partial charge in [-0.05, 0) is 109 Å². The Bertz CT molecular complexity index is 3040. The molecule has 6 atom stereocenters. The van der Waals surface area contributed by atoms with Crippen LogP contribution in [-0.4, -0.2) is 120 Å². The second-order valence-electron chi connectivity index (χ2n) is 19.2. The van der Waals surface area contributed by atoms with E-state index in [1.807, 2.05) is 125 Å². The predicted octanol–water partition coefficient (Wildman–Crippen LogP) is 7.83. The number of nitrogens with zero attached hydrogens (tertiary/aromatic N) is 10. The van der Waals surface area contributed by atoms with Gasteiger partial charge in [-0.15, -0.1) is 0 Å². The van der Waals surface area contributed by atoms with Gasteiger partial charge in [0.25, 0.3) is 11.8 Å². The molecule has 0 radical (unpaired) electrons. The first-order valence-corrected chi connectivity index (χ1v) is 25.5. The number of aromatic nitrogens is 4. The lowest BCUT2D eigenvalue weighted by Crippen LogP contribution is -2.70. The average Bonchev–Trinajstić information content (AvgIpc) is 3.43. The van der Waals surface area contributed by atoms with E-state index in [9.17, 15) is 28.8 Å². The van der Waals surface area contributed by atoms with Crippen LogP contribution in [0.4, 0.5) is 32.6 Å². The van der Waals surface area contributed by atoms with Crippen molar-refractivity contribution in [1.29, 1.82) is 0 Å². The van der Waals surface area contributed by atoms with Crippen LogP contribution in [0.1, 0.15) is 66.6 Å². The summed E-state index contributed by atoms with van der Waals surface area (Å²) in [4.78, 5) is 107. The molecule has 2 saturated heterocycles. The molecule has 396 valence electrons. The zero-order valence-electron chi connectivity index (χ0n) is 44.3. The van der Waals surface area contributed by atoms with E-state index in [0.29, 0.717) is 42.1 Å². The zero-order chi connectivity index (χ0) is 54.8. The van der Waals surface area contributed by atoms with Gasteiger partial charge in [-0.25, -0.2) is 19.6 Å². The molecule has 18 nitrogen and oxygen atoms in total. The quantitative estimate of drug-likeness (QED) is 0.0893. The van der Waals surface area contributed by atoms with Crippen LogP contribution in [0.2, 0.25) is 5.02 Å². The van der Waals surface area contributed by atoms with Gasteiger partial charge in [0.15, 0.2) is 0 Å². The third-order valence-corrected chi connectivity index (χ3v) is 14.1. The fraction of sp³-hybridized carbons (Fsp3) is 0.333. The summed E-state index contributed by atoms with van der Waals surface area (Å²) in [6.45, 7) is 5.88. The van der Waals surface area contributed by atoms with Crippen molar-refractivity contribution in [1.82, 2.24) is 40.4 Å². The van der Waals surface area contributed by atoms with Gasteiger partial charge >= 0.3 is 12.1 Å². The van der Waals surface area contributed by atoms with Crippen molar-refractivity contribution >= 4 is 70.3 Å². The number of nitrogens with one attached hydrogen (secondary N) is 2. The topological polar surface area (TPSA) is 197 Å². The molecular formula is C57H65ClN12O6. The van der Waals surface area contributed by atoms with E-state index in [-0.39, 0.29) is 23.8 Å². The number of hydrogen-bond donors (Lipinski definition) is 2. The lowest BCUT2D eigenvalue weighted by atomic mass is 9.81. The Morgan fingerprint density at radius 2 is 1.03 bits per heavy atom. The van der Waals surface area contributed by atoms with Gasteiger partial charge in [0, 0.05) is 95.9 Å². The number of amides is 8. The van der Waals surface area contributed by atoms with Crippen LogP contribution in [-0.2, 0) is 32.0 Å². The molecule has 2 N–H and O–H groups in total. The summed E-state index contributed by atoms with van der Waals surface area (Å²) < 4.78 is 0. The Labute approximate surface area is 449 Å². The minimum absolute atomic E-state index is 0.286. The van der Waals surface area contributed by atoms with E-state index in [1.165, 1.54) is 9.80 Å². The van der Waals surface area contributed by atoms with Crippen LogP contribution in [0.5, 0.6) is 0 Å². The van der Waals surface area contributed by atoms with Crippen LogP contribution in [0, 0.1) is 18.8 Å². The Kier molecular flexibility index (Phi) is 18.2. The van der Waals surface area contributed by atoms with Gasteiger partial charge in [-0.2, -0.15) is 0 Å². The molecule has 0 spiro atoms. The van der Waals surface area contributed by atoms with Crippen LogP contribution >= 0.6 is 11.6 Å². The van der Waals surface area contributed by atoms with Crippen molar-refractivity contribution in [3.05, 3.63) is 167 Å². The van der Waals surface area contributed by atoms with Crippen LogP contribution in [0.25, 0.3) is 0 Å². The number of imide groups is 2. The molecule has 0 bridgehead atoms. The van der Waals surface area contributed by atoms with E-state index in [2.05, 4.69) is 30.6 Å². The fourth-order valence-electron chi connectivity index (χ4n) is 9.37. The standard InChI is InChI=1S/C29H34N6O3.C28H31ClN6O3/c1-6-24(21-9-7-8-19(2)16-21)32-29(38)35-26(28(37)34(5)22-11-13-30-14-12-22)23(27(35)36)17-20-10-15-31-25(18-20)33(3)4;1-5-23(20-8-6-7-9-22(20)29)32-28(38)35-25(27(37)34(4)19-11-13-30-14-12-19)21(26(35)36)16-18-10-15-31-24(17-18)33(2)3/h7-16,18,23-24,26H,6,17H2,1-5H3,(H,32,38);6-15,17,21,23,25H,5,16H2,1-4H3,(H,32,38)/t23-,24-,26+;21-,23-,25+/m11/s1. The lowest BCUT2D eigenvalue weighted by Gasteiger charge is -2.46. The smallest absolute Gasteiger partial charge is 0.325 e. The van der Waals surface area contributed by atoms with Crippen molar-refractivity contribution in [2.24, 2.45) is 11.8 Å². The summed E-state index contributed by atoms with van der Waals surface area (Å²) >= 11 is 6.37. The summed E-state index contributed by atoms with van der Waals surface area (Å²) in [5.41, 5.74) is 5.76. The SMILES string of the molecule is CC[C@@H](NC(=O)N1C(=O)[C@H](Cc2ccnc(N(C)C)c2)[C@H]1C(=O)N(C)c1ccncc1)c1cccc(C)c1.CC[C@@H](NC(=O)N1C(=O)[C@H](Cc2ccnc(N(C)C)c2)[C@H]1C(=O)N(C)c1ccncc1)c1ccccc1Cl. The number of halogens is 1. The summed E-state index contributed by atoms with van der Waals surface area (Å²) in [7, 11) is 10.8. The number of β-lactam (4-membered cyclic amide) rings is 2. The summed E-state index contributed by atoms with van der Waals surface area (Å²) in [5.74, 6) is -1.34. The number of likely N-dealkylation sites (tertiary alicyclic amines) is 2. The highest BCUT2D eigenvalue weighted by Crippen LogP contribution is 2.36. The maximum atomic E-state index is 13.7. The first-order chi connectivity index (χ1) is 36.4. The Hall–Kier alpha value is -8.25. The third-order valence-electron chi connectivity index (χ3n) is 13.7. The van der Waals surface area contributed by atoms with Crippen molar-refractivity contribution in [3.63, 3.8) is 0 Å². The molecular weight excluding hydrogens is 984 g/mol. The molecule has 2 aliphatic rings. The summed E-state index contributed by atoms with van der Waals surface area (Å²) in [6, 6.07) is 25.6. The largest absolute Gasteiger partial charge is 0.363 e. The number of rotatable bonds is 16. The van der Waals surface area contributed by atoms with Gasteiger partial charge in [0.05, 0.1) is 23.9 Å². The molecule has 2 aromatic carbocycles. The minimum Gasteiger partial charge on any atom is -0.363 e. The fourth-order valence-corrected chi connectivity index (χ4v) is 9.64. The van der Waals surface area contributed by atoms with Crippen LogP contribution in [0.3, 0.4) is 0 Å². The Morgan fingerprint density at radius 1 is 0.579 bits per heavy atom. The number of urea groups is 2. The maximum Gasteiger partial charge on any atom is 0.325 e. The van der Waals surface area contributed by atoms with E-state index < -0.39 is 47.9 Å². The second-order valence-corrected chi connectivity index (χ2v) is 19.6. The van der Waals surface area contributed by atoms with Crippen LogP contribution in [0.15, 0.2) is 134 Å². The van der Waals surface area contributed by atoms with E-state index in [0.717, 1.165) is 49.3 Å². The molecule has 4 aromatic heterocycles. The zero-order valence-corrected chi connectivity index (χ0v) is 45.0. The molecule has 6 aromatic rings. The molecule has 0 unspecified atom stereocenters. The van der Waals surface area contributed by atoms with Gasteiger partial charge < -0.3 is 30.2 Å². The van der Waals surface area contributed by atoms with Crippen molar-refractivity contribution < 1.29 is 28.8 Å². The van der Waals surface area contributed by atoms with Gasteiger partial charge in [0.1, 0.15) is 23.7 Å². The number of anilines is 4. The number of likely N-dealkylation sites (N-methyl/N-ethyl adjacent to an activating group) is 2. The molecule has 19 heteroatoms. The molecule has 2 aliphatic heterocycles. The number of carbonyl (C=O) groups excluding carboxylic acids is 6. The first kappa shape index (κ1) is 55.5. The Morgan fingerprint density at radius 3 is 1.45 bits per heavy atom. The first-order valence-electron chi connectivity index (χ1n) is 25.1. The number of aryl methyl sites for hydroxylation is 1. The molecule has 76 heavy (non-hydrogen) atoms. The molecule has 0 saturated carbocycles. The summed E-state index contributed by atoms with van der Waals surface area (Å²) in [5, 5.41) is 6.42. The predicted molar refractivity (Wildman–Crippen MR) is 294 cm³/mol. The Balaban J connectivity index is 0.000000221. The number of carbonyl (C=O) groups is 6. The number of hydrogen-bond acceptors (Lipinski definition) is 12. The number of benzene rings is 2. The highest BCUT2D eigenvalue weighted by atomic mass is 35.5. The highest BCUT2D eigenvalue weighted by molar-refractivity contribution is 6.31. The van der Waals surface area contributed by atoms with Gasteiger partial charge in [-0.3, -0.25) is 38.9 Å². The van der Waals surface area contributed by atoms with E-state index in [4.69, 9.17) is 11.6 Å². The van der Waals surface area contributed by atoms with E-state index in [1.54, 1.807) is 81.6 Å². The highest BCUT2D eigenvalue weighted by Gasteiger charge is 2.56. The van der Waals surface area contributed by atoms with Gasteiger partial charge in [0.2, 0.25) is 11.8 Å². The molecule has 8 rings (SSSR count). The number of pyridine rings is 4. The van der Waals surface area contributed by atoms with Crippen molar-refractivity contribution in [3.8, 4) is 0 Å². The van der Waals surface area contributed by atoms with Crippen molar-refractivity contribution in [2.75, 3.05) is 61.9 Å². The molecule has 8 amide bonds. The molecule has 6 heterocycles. The monoisotopic (exact) mass is 1050 g/mol. The molecule has 2 fully saturated rings. The van der Waals surface area contributed by atoms with Crippen molar-refractivity contribution in [2.45, 2.75) is 70.6 Å². The summed E-state index contributed by atoms with van der Waals surface area (Å²) in [6.07, 6.45) is 11.5.